The van der Waals surface area contributed by atoms with Crippen molar-refractivity contribution in [1.29, 1.82) is 0 Å². The summed E-state index contributed by atoms with van der Waals surface area (Å²) < 4.78 is 7.13. The smallest absolute Gasteiger partial charge is 0.195 e. The van der Waals surface area contributed by atoms with Crippen molar-refractivity contribution in [3.05, 3.63) is 24.0 Å². The van der Waals surface area contributed by atoms with E-state index in [1.807, 2.05) is 22.8 Å². The van der Waals surface area contributed by atoms with Crippen LogP contribution in [0.3, 0.4) is 0 Å². The fraction of sp³-hybridized carbons (Fsp3) is 0.385. The molecule has 4 heteroatoms. The van der Waals surface area contributed by atoms with Crippen molar-refractivity contribution in [3.63, 3.8) is 0 Å². The first-order valence-corrected chi connectivity index (χ1v) is 5.72. The largest absolute Gasteiger partial charge is 0.497 e. The SMILES string of the molecule is CCCn1c(C(C)=O)nc2cc(OC)ccc21. The molecule has 0 spiro atoms. The minimum absolute atomic E-state index is 0.00591. The highest BCUT2D eigenvalue weighted by atomic mass is 16.5. The molecule has 17 heavy (non-hydrogen) atoms. The van der Waals surface area contributed by atoms with Crippen LogP contribution in [0.1, 0.15) is 30.9 Å². The van der Waals surface area contributed by atoms with Gasteiger partial charge in [0.25, 0.3) is 0 Å². The van der Waals surface area contributed by atoms with Crippen molar-refractivity contribution in [3.8, 4) is 5.75 Å². The molecular formula is C13H16N2O2. The molecule has 2 rings (SSSR count). The maximum absolute atomic E-state index is 11.6. The maximum Gasteiger partial charge on any atom is 0.195 e. The number of methoxy groups -OCH3 is 1. The van der Waals surface area contributed by atoms with Crippen LogP contribution >= 0.6 is 0 Å². The number of benzene rings is 1. The highest BCUT2D eigenvalue weighted by Crippen LogP contribution is 2.22. The molecule has 1 aromatic heterocycles. The van der Waals surface area contributed by atoms with E-state index in [2.05, 4.69) is 11.9 Å². The first-order valence-electron chi connectivity index (χ1n) is 5.72. The van der Waals surface area contributed by atoms with Gasteiger partial charge in [0, 0.05) is 19.5 Å². The Balaban J connectivity index is 2.65. The Morgan fingerprint density at radius 1 is 1.47 bits per heavy atom. The van der Waals surface area contributed by atoms with Gasteiger partial charge in [0.15, 0.2) is 11.6 Å². The summed E-state index contributed by atoms with van der Waals surface area (Å²) in [5.41, 5.74) is 1.79. The summed E-state index contributed by atoms with van der Waals surface area (Å²) >= 11 is 0. The van der Waals surface area contributed by atoms with Crippen LogP contribution in [0.4, 0.5) is 0 Å². The average Bonchev–Trinajstić information content (AvgIpc) is 2.68. The summed E-state index contributed by atoms with van der Waals surface area (Å²) in [4.78, 5) is 15.9. The zero-order valence-electron chi connectivity index (χ0n) is 10.4. The Hall–Kier alpha value is -1.84. The number of aryl methyl sites for hydroxylation is 1. The second-order valence-corrected chi connectivity index (χ2v) is 4.00. The van der Waals surface area contributed by atoms with Gasteiger partial charge < -0.3 is 9.30 Å². The number of nitrogens with zero attached hydrogens (tertiary/aromatic N) is 2. The van der Waals surface area contributed by atoms with E-state index >= 15 is 0 Å². The summed E-state index contributed by atoms with van der Waals surface area (Å²) in [6.45, 7) is 4.43. The summed E-state index contributed by atoms with van der Waals surface area (Å²) in [6.07, 6.45) is 0.970. The van der Waals surface area contributed by atoms with Gasteiger partial charge in [-0.3, -0.25) is 4.79 Å². The zero-order chi connectivity index (χ0) is 12.4. The molecule has 0 N–H and O–H groups in total. The molecule has 0 aliphatic carbocycles. The number of aromatic nitrogens is 2. The fourth-order valence-electron chi connectivity index (χ4n) is 1.96. The first kappa shape index (κ1) is 11.6. The molecule has 0 saturated carbocycles. The molecule has 0 unspecified atom stereocenters. The third kappa shape index (κ3) is 2.02. The molecule has 4 nitrogen and oxygen atoms in total. The summed E-state index contributed by atoms with van der Waals surface area (Å²) in [5.74, 6) is 1.28. The maximum atomic E-state index is 11.6. The second kappa shape index (κ2) is 4.57. The third-order valence-corrected chi connectivity index (χ3v) is 2.72. The Labute approximate surface area is 100 Å². The first-order chi connectivity index (χ1) is 8.17. The van der Waals surface area contributed by atoms with Gasteiger partial charge in [-0.15, -0.1) is 0 Å². The third-order valence-electron chi connectivity index (χ3n) is 2.72. The number of ether oxygens (including phenoxy) is 1. The summed E-state index contributed by atoms with van der Waals surface area (Å²) in [5, 5.41) is 0. The van der Waals surface area contributed by atoms with E-state index in [9.17, 15) is 4.79 Å². The van der Waals surface area contributed by atoms with Gasteiger partial charge >= 0.3 is 0 Å². The molecule has 0 amide bonds. The van der Waals surface area contributed by atoms with Crippen LogP contribution in [0.25, 0.3) is 11.0 Å². The van der Waals surface area contributed by atoms with Crippen molar-refractivity contribution in [2.75, 3.05) is 7.11 Å². The topological polar surface area (TPSA) is 44.1 Å². The molecule has 0 radical (unpaired) electrons. The van der Waals surface area contributed by atoms with Crippen LogP contribution in [0, 0.1) is 0 Å². The van der Waals surface area contributed by atoms with Crippen molar-refractivity contribution >= 4 is 16.8 Å². The predicted molar refractivity (Wildman–Crippen MR) is 66.6 cm³/mol. The predicted octanol–water partition coefficient (Wildman–Crippen LogP) is 2.66. The molecule has 0 aliphatic rings. The lowest BCUT2D eigenvalue weighted by Crippen LogP contribution is -2.07. The van der Waals surface area contributed by atoms with Gasteiger partial charge in [0.05, 0.1) is 18.1 Å². The lowest BCUT2D eigenvalue weighted by molar-refractivity contribution is 0.1000. The minimum Gasteiger partial charge on any atom is -0.497 e. The average molecular weight is 232 g/mol. The second-order valence-electron chi connectivity index (χ2n) is 4.00. The molecule has 0 fully saturated rings. The van der Waals surface area contributed by atoms with Gasteiger partial charge in [-0.1, -0.05) is 6.92 Å². The minimum atomic E-state index is -0.00591. The van der Waals surface area contributed by atoms with E-state index in [4.69, 9.17) is 4.74 Å². The number of hydrogen-bond donors (Lipinski definition) is 0. The molecule has 1 heterocycles. The zero-order valence-corrected chi connectivity index (χ0v) is 10.4. The molecule has 0 bridgehead atoms. The Morgan fingerprint density at radius 3 is 2.82 bits per heavy atom. The number of hydrogen-bond acceptors (Lipinski definition) is 3. The monoisotopic (exact) mass is 232 g/mol. The summed E-state index contributed by atoms with van der Waals surface area (Å²) in [7, 11) is 1.62. The normalized spacial score (nSPS) is 10.8. The molecule has 90 valence electrons. The van der Waals surface area contributed by atoms with Crippen LogP contribution in [0.5, 0.6) is 5.75 Å². The van der Waals surface area contributed by atoms with Crippen LogP contribution in [0.2, 0.25) is 0 Å². The number of carbonyl (C=O) groups excluding carboxylic acids is 1. The van der Waals surface area contributed by atoms with E-state index in [0.29, 0.717) is 5.82 Å². The fourth-order valence-corrected chi connectivity index (χ4v) is 1.96. The number of Topliss-reactive ketones (excluding diaryl/α,β-unsaturated/α-hetero) is 1. The molecule has 1 aromatic carbocycles. The van der Waals surface area contributed by atoms with E-state index < -0.39 is 0 Å². The lowest BCUT2D eigenvalue weighted by atomic mass is 10.3. The molecule has 2 aromatic rings. The van der Waals surface area contributed by atoms with Crippen LogP contribution in [-0.4, -0.2) is 22.4 Å². The van der Waals surface area contributed by atoms with Gasteiger partial charge in [-0.2, -0.15) is 0 Å². The van der Waals surface area contributed by atoms with Crippen molar-refractivity contribution in [2.24, 2.45) is 0 Å². The van der Waals surface area contributed by atoms with E-state index in [-0.39, 0.29) is 5.78 Å². The van der Waals surface area contributed by atoms with E-state index in [0.717, 1.165) is 29.7 Å². The molecule has 0 aliphatic heterocycles. The standard InChI is InChI=1S/C13H16N2O2/c1-4-7-15-12-6-5-10(17-3)8-11(12)14-13(15)9(2)16/h5-6,8H,4,7H2,1-3H3. The number of carbonyl (C=O) groups is 1. The van der Waals surface area contributed by atoms with Crippen LogP contribution < -0.4 is 4.74 Å². The molecule has 0 atom stereocenters. The Bertz CT molecular complexity index is 558. The van der Waals surface area contributed by atoms with Gasteiger partial charge in [-0.05, 0) is 18.6 Å². The number of rotatable bonds is 4. The summed E-state index contributed by atoms with van der Waals surface area (Å²) in [6, 6.07) is 5.69. The van der Waals surface area contributed by atoms with Crippen molar-refractivity contribution in [2.45, 2.75) is 26.8 Å². The highest BCUT2D eigenvalue weighted by Gasteiger charge is 2.13. The Morgan fingerprint density at radius 2 is 2.24 bits per heavy atom. The van der Waals surface area contributed by atoms with Crippen LogP contribution in [0.15, 0.2) is 18.2 Å². The Kier molecular flexibility index (Phi) is 3.13. The quantitative estimate of drug-likeness (QED) is 0.761. The number of imidazole rings is 1. The van der Waals surface area contributed by atoms with Crippen molar-refractivity contribution in [1.82, 2.24) is 9.55 Å². The highest BCUT2D eigenvalue weighted by molar-refractivity contribution is 5.94. The van der Waals surface area contributed by atoms with Crippen molar-refractivity contribution < 1.29 is 9.53 Å². The number of ketones is 1. The van der Waals surface area contributed by atoms with Crippen LogP contribution in [-0.2, 0) is 6.54 Å². The van der Waals surface area contributed by atoms with Gasteiger partial charge in [0.2, 0.25) is 0 Å². The van der Waals surface area contributed by atoms with E-state index in [1.54, 1.807) is 14.0 Å². The molecule has 0 saturated heterocycles. The number of fused-ring (bicyclic) bond motifs is 1. The van der Waals surface area contributed by atoms with Gasteiger partial charge in [-0.25, -0.2) is 4.98 Å². The van der Waals surface area contributed by atoms with E-state index in [1.165, 1.54) is 0 Å². The van der Waals surface area contributed by atoms with Gasteiger partial charge in [0.1, 0.15) is 5.75 Å². The lowest BCUT2D eigenvalue weighted by Gasteiger charge is -2.05. The molecular weight excluding hydrogens is 216 g/mol.